The maximum atomic E-state index is 12.1. The van der Waals surface area contributed by atoms with Gasteiger partial charge in [-0.3, -0.25) is 4.55 Å². The van der Waals surface area contributed by atoms with Gasteiger partial charge in [0.25, 0.3) is 10.1 Å². The lowest BCUT2D eigenvalue weighted by molar-refractivity contribution is 0.280. The summed E-state index contributed by atoms with van der Waals surface area (Å²) < 4.78 is 57.8. The topological polar surface area (TPSA) is 279 Å². The number of ether oxygens (including phenoxy) is 4. The van der Waals surface area contributed by atoms with Crippen molar-refractivity contribution < 1.29 is 42.1 Å². The molecule has 7 aromatic rings. The molecule has 0 radical (unpaired) electrons. The zero-order valence-corrected chi connectivity index (χ0v) is 42.7. The number of azo groups is 2. The van der Waals surface area contributed by atoms with E-state index in [0.29, 0.717) is 70.3 Å². The van der Waals surface area contributed by atoms with Crippen molar-refractivity contribution in [3.05, 3.63) is 54.6 Å². The summed E-state index contributed by atoms with van der Waals surface area (Å²) in [5.41, 5.74) is 3.99. The molecular weight excluding hydrogens is 977 g/mol. The summed E-state index contributed by atoms with van der Waals surface area (Å²) in [5, 5.41) is 45.7. The zero-order chi connectivity index (χ0) is 50.8. The van der Waals surface area contributed by atoms with E-state index in [1.807, 2.05) is 58.0 Å². The van der Waals surface area contributed by atoms with E-state index in [9.17, 15) is 23.2 Å². The van der Waals surface area contributed by atoms with Gasteiger partial charge in [-0.15, -0.1) is 20.5 Å². The number of methoxy groups -OCH3 is 4. The van der Waals surface area contributed by atoms with E-state index in [1.165, 1.54) is 30.6 Å². The molecule has 4 aromatic carbocycles. The minimum Gasteiger partial charge on any atom is -0.497 e. The summed E-state index contributed by atoms with van der Waals surface area (Å²) in [7, 11) is 1.41. The maximum absolute atomic E-state index is 12.1. The second-order valence-electron chi connectivity index (χ2n) is 15.1. The van der Waals surface area contributed by atoms with E-state index in [-0.39, 0.29) is 66.2 Å². The average molecular weight is 1030 g/mol. The highest BCUT2D eigenvalue weighted by atomic mass is 32.2. The Balaban J connectivity index is 1.35. The van der Waals surface area contributed by atoms with E-state index in [2.05, 4.69) is 50.9 Å². The minimum absolute atomic E-state index is 0.0425. The molecule has 71 heavy (non-hydrogen) atoms. The van der Waals surface area contributed by atoms with Crippen LogP contribution in [-0.2, 0) is 10.1 Å². The monoisotopic (exact) mass is 1030 g/mol. The molecule has 0 bridgehead atoms. The number of anilines is 7. The quantitative estimate of drug-likeness (QED) is 0.0278. The number of fused-ring (bicyclic) bond motifs is 2. The van der Waals surface area contributed by atoms with Crippen LogP contribution in [0.4, 0.5) is 62.2 Å². The lowest BCUT2D eigenvalue weighted by Gasteiger charge is -2.25. The minimum atomic E-state index is -4.62. The van der Waals surface area contributed by atoms with Crippen LogP contribution >= 0.6 is 22.7 Å². The van der Waals surface area contributed by atoms with Gasteiger partial charge in [0.2, 0.25) is 28.1 Å². The van der Waals surface area contributed by atoms with E-state index in [0.717, 1.165) is 32.9 Å². The second-order valence-corrected chi connectivity index (χ2v) is 18.5. The number of thiazole rings is 2. The van der Waals surface area contributed by atoms with Crippen LogP contribution in [0.2, 0.25) is 0 Å². The van der Waals surface area contributed by atoms with Gasteiger partial charge in [0.15, 0.2) is 0 Å². The van der Waals surface area contributed by atoms with Gasteiger partial charge in [-0.25, -0.2) is 9.97 Å². The van der Waals surface area contributed by atoms with E-state index < -0.39 is 15.0 Å². The van der Waals surface area contributed by atoms with Crippen LogP contribution in [-0.4, -0.2) is 129 Å². The molecule has 0 unspecified atom stereocenters. The van der Waals surface area contributed by atoms with Gasteiger partial charge in [0.1, 0.15) is 39.3 Å². The van der Waals surface area contributed by atoms with E-state index in [1.54, 1.807) is 38.4 Å². The van der Waals surface area contributed by atoms with Crippen molar-refractivity contribution in [2.24, 2.45) is 20.5 Å². The van der Waals surface area contributed by atoms with Gasteiger partial charge in [-0.2, -0.15) is 23.4 Å². The smallest absolute Gasteiger partial charge is 0.298 e. The molecule has 3 heterocycles. The van der Waals surface area contributed by atoms with Crippen molar-refractivity contribution in [2.75, 3.05) is 106 Å². The fraction of sp³-hybridized carbons (Fsp3) is 0.356. The number of rotatable bonds is 24. The fourth-order valence-electron chi connectivity index (χ4n) is 7.43. The van der Waals surface area contributed by atoms with Crippen molar-refractivity contribution >= 4 is 115 Å². The van der Waals surface area contributed by atoms with Crippen molar-refractivity contribution in [1.29, 1.82) is 0 Å². The molecule has 0 aliphatic rings. The van der Waals surface area contributed by atoms with Crippen LogP contribution in [0.1, 0.15) is 27.7 Å². The standard InChI is InChI=1S/C45H54N14O9S3/c1-9-57(10-2)33-20-28(30(22-35(33)66-6)53-55-44-48-27-14-13-26(65-5)19-38(27)69-44)46-41-50-42(52-43(51-41)59(15-17-60)16-18-61)47-29-21-34(58(11-3)12-4)36(67-7)23-31(29)54-56-45-49-32-24-40(71(62,63)64)37(68-8)25-39(32)70-45/h13-14,19-25,60-61H,9-12,15-18H2,1-8H3,(H,62,63,64)(H2,46,47,50,51,52). The number of aliphatic hydroxyl groups is 2. The lowest BCUT2D eigenvalue weighted by atomic mass is 10.2. The molecule has 0 aliphatic carbocycles. The Morgan fingerprint density at radius 2 is 1.07 bits per heavy atom. The highest BCUT2D eigenvalue weighted by Crippen LogP contribution is 2.44. The van der Waals surface area contributed by atoms with Crippen molar-refractivity contribution in [2.45, 2.75) is 32.6 Å². The molecule has 0 saturated heterocycles. The number of nitrogens with zero attached hydrogens (tertiary/aromatic N) is 12. The first-order valence-electron chi connectivity index (χ1n) is 22.2. The molecule has 0 aliphatic heterocycles. The SMILES string of the molecule is CCN(CC)c1cc(Nc2nc(Nc3cc(N(CC)CC)c(OC)cc3N=Nc3nc4cc(S(=O)(=O)O)c(OC)cc4s3)nc(N(CCO)CCO)n2)c(N=Nc2nc3ccc(OC)cc3s2)cc1OC. The highest BCUT2D eigenvalue weighted by molar-refractivity contribution is 7.86. The van der Waals surface area contributed by atoms with Gasteiger partial charge in [-0.05, 0) is 64.1 Å². The Kier molecular flexibility index (Phi) is 16.9. The summed E-state index contributed by atoms with van der Waals surface area (Å²) in [5.74, 6) is 1.91. The zero-order valence-electron chi connectivity index (χ0n) is 40.2. The van der Waals surface area contributed by atoms with Gasteiger partial charge in [-0.1, -0.05) is 22.7 Å². The molecule has 5 N–H and O–H groups in total. The first-order valence-corrected chi connectivity index (χ1v) is 25.3. The van der Waals surface area contributed by atoms with Crippen LogP contribution < -0.4 is 44.3 Å². The number of benzene rings is 4. The Morgan fingerprint density at radius 3 is 1.52 bits per heavy atom. The third kappa shape index (κ3) is 11.9. The van der Waals surface area contributed by atoms with Gasteiger partial charge < -0.3 is 54.5 Å². The molecule has 7 rings (SSSR count). The summed E-state index contributed by atoms with van der Waals surface area (Å²) in [6, 6.07) is 15.4. The molecule has 0 saturated carbocycles. The Labute approximate surface area is 417 Å². The highest BCUT2D eigenvalue weighted by Gasteiger charge is 2.23. The number of aromatic nitrogens is 5. The van der Waals surface area contributed by atoms with Gasteiger partial charge in [0.05, 0.1) is 84.8 Å². The van der Waals surface area contributed by atoms with Crippen molar-refractivity contribution in [3.63, 3.8) is 0 Å². The van der Waals surface area contributed by atoms with Gasteiger partial charge >= 0.3 is 0 Å². The molecule has 0 amide bonds. The molecule has 0 fully saturated rings. The maximum Gasteiger partial charge on any atom is 0.298 e. The summed E-state index contributed by atoms with van der Waals surface area (Å²) >= 11 is 2.48. The Morgan fingerprint density at radius 1 is 0.577 bits per heavy atom. The molecule has 26 heteroatoms. The predicted octanol–water partition coefficient (Wildman–Crippen LogP) is 9.17. The normalized spacial score (nSPS) is 11.8. The third-order valence-electron chi connectivity index (χ3n) is 11.0. The molecule has 0 spiro atoms. The summed E-state index contributed by atoms with van der Waals surface area (Å²) in [6.45, 7) is 10.4. The van der Waals surface area contributed by atoms with E-state index >= 15 is 0 Å². The second kappa shape index (κ2) is 23.2. The first-order chi connectivity index (χ1) is 34.3. The van der Waals surface area contributed by atoms with Crippen LogP contribution in [0.3, 0.4) is 0 Å². The average Bonchev–Trinajstić information content (AvgIpc) is 3.98. The van der Waals surface area contributed by atoms with Crippen LogP contribution in [0.25, 0.3) is 20.4 Å². The molecule has 23 nitrogen and oxygen atoms in total. The molecular formula is C45H54N14O9S3. The van der Waals surface area contributed by atoms with Crippen LogP contribution in [0, 0.1) is 0 Å². The third-order valence-corrected chi connectivity index (χ3v) is 13.6. The Bertz CT molecular complexity index is 3160. The number of aliphatic hydroxyl groups excluding tert-OH is 2. The van der Waals surface area contributed by atoms with Crippen molar-refractivity contribution in [3.8, 4) is 23.0 Å². The summed E-state index contributed by atoms with van der Waals surface area (Å²) in [4.78, 5) is 28.9. The van der Waals surface area contributed by atoms with E-state index in [4.69, 9.17) is 33.9 Å². The van der Waals surface area contributed by atoms with Crippen LogP contribution in [0.5, 0.6) is 23.0 Å². The fourth-order valence-corrected chi connectivity index (χ4v) is 9.70. The van der Waals surface area contributed by atoms with Gasteiger partial charge in [0, 0.05) is 57.5 Å². The molecule has 376 valence electrons. The number of nitrogens with one attached hydrogen (secondary N) is 2. The predicted molar refractivity (Wildman–Crippen MR) is 276 cm³/mol. The van der Waals surface area contributed by atoms with Crippen LogP contribution in [0.15, 0.2) is 79.9 Å². The lowest BCUT2D eigenvalue weighted by Crippen LogP contribution is -2.31. The largest absolute Gasteiger partial charge is 0.497 e. The molecule has 3 aromatic heterocycles. The Hall–Kier alpha value is -7.10. The number of hydrogen-bond acceptors (Lipinski definition) is 24. The first kappa shape index (κ1) is 51.7. The summed E-state index contributed by atoms with van der Waals surface area (Å²) in [6.07, 6.45) is 0. The number of hydrogen-bond donors (Lipinski definition) is 5. The van der Waals surface area contributed by atoms with Crippen molar-refractivity contribution in [1.82, 2.24) is 24.9 Å². The molecule has 0 atom stereocenters.